The van der Waals surface area contributed by atoms with Crippen LogP contribution in [0.3, 0.4) is 0 Å². The van der Waals surface area contributed by atoms with Gasteiger partial charge in [-0.25, -0.2) is 0 Å². The van der Waals surface area contributed by atoms with E-state index in [9.17, 15) is 104 Å². The van der Waals surface area contributed by atoms with Gasteiger partial charge in [0.2, 0.25) is 0 Å². The quantitative estimate of drug-likeness (QED) is 0.0237. The van der Waals surface area contributed by atoms with Crippen LogP contribution in [-0.2, 0) is 85.0 Å². The van der Waals surface area contributed by atoms with Gasteiger partial charge in [-0.1, -0.05) is 72.9 Å². The van der Waals surface area contributed by atoms with Gasteiger partial charge in [0.25, 0.3) is 0 Å². The first kappa shape index (κ1) is 88.0. The summed E-state index contributed by atoms with van der Waals surface area (Å²) in [5, 5.41) is 104. The molecule has 0 saturated carbocycles. The third kappa shape index (κ3) is 39.5. The summed E-state index contributed by atoms with van der Waals surface area (Å²) in [6, 6.07) is 19.5. The largest absolute Gasteiger partial charge is 3.00 e. The maximum Gasteiger partial charge on any atom is 3.00 e. The first-order chi connectivity index (χ1) is 41.5. The van der Waals surface area contributed by atoms with Crippen LogP contribution in [0.15, 0.2) is 72.8 Å². The van der Waals surface area contributed by atoms with Gasteiger partial charge < -0.3 is 79.9 Å². The minimum absolute atomic E-state index is 0. The Hall–Kier alpha value is -6.02. The predicted octanol–water partition coefficient (Wildman–Crippen LogP) is -1.06. The number of nitrogens with zero attached hydrogens (tertiary/aromatic N) is 6. The molecule has 15 N–H and O–H groups in total. The van der Waals surface area contributed by atoms with Crippen molar-refractivity contribution in [3.63, 3.8) is 0 Å². The summed E-state index contributed by atoms with van der Waals surface area (Å²) in [6.45, 7) is -7.25. The van der Waals surface area contributed by atoms with E-state index in [1.807, 2.05) is 24.3 Å². The first-order valence-corrected chi connectivity index (χ1v) is 28.0. The van der Waals surface area contributed by atoms with Crippen molar-refractivity contribution < 1.29 is 189 Å². The number of Topliss-reactive ketones (excluding diaryl/α,β-unsaturated/α-hetero) is 1. The molecule has 31 nitrogen and oxygen atoms in total. The number of benzene rings is 3. The Morgan fingerprint density at radius 2 is 0.717 bits per heavy atom. The topological polar surface area (TPSA) is 477 Å². The Kier molecular flexibility index (Phi) is 44.9. The summed E-state index contributed by atoms with van der Waals surface area (Å²) in [5.41, 5.74) is 4.36. The van der Waals surface area contributed by atoms with Crippen LogP contribution in [0.25, 0.3) is 0 Å². The van der Waals surface area contributed by atoms with E-state index in [1.165, 1.54) is 14.7 Å². The molecule has 1 unspecified atom stereocenters. The average Bonchev–Trinajstić information content (AvgIpc) is 2.26. The molecule has 0 heterocycles. The Bertz CT molecular complexity index is 2860. The number of hydrogen-bond donors (Lipinski definition) is 13. The molecule has 509 valence electrons. The fourth-order valence-electron chi connectivity index (χ4n) is 9.21. The maximum atomic E-state index is 12.9. The number of anilines is 1. The van der Waals surface area contributed by atoms with E-state index >= 15 is 0 Å². The molecule has 0 aliphatic carbocycles. The van der Waals surface area contributed by atoms with E-state index in [2.05, 4.69) is 16.0 Å². The Morgan fingerprint density at radius 3 is 1.08 bits per heavy atom. The molecular formula is C57H78Gd2N9O22S2+2. The van der Waals surface area contributed by atoms with E-state index in [0.717, 1.165) is 31.4 Å². The molecule has 3 rings (SSSR count). The van der Waals surface area contributed by atoms with Crippen LogP contribution in [-0.4, -0.2) is 285 Å². The average molecular weight is 1620 g/mol. The number of nitrogens with one attached hydrogen (secondary N) is 3. The van der Waals surface area contributed by atoms with Crippen LogP contribution in [0.2, 0.25) is 0 Å². The number of carbonyl (C=O) groups is 11. The number of hydrogen-bond acceptors (Lipinski definition) is 19. The van der Waals surface area contributed by atoms with Gasteiger partial charge in [0.15, 0.2) is 10.9 Å². The maximum absolute atomic E-state index is 12.9. The van der Waals surface area contributed by atoms with Crippen LogP contribution in [0.1, 0.15) is 34.2 Å². The Morgan fingerprint density at radius 1 is 0.413 bits per heavy atom. The van der Waals surface area contributed by atoms with Gasteiger partial charge >= 0.3 is 99.6 Å². The summed E-state index contributed by atoms with van der Waals surface area (Å²) in [7, 11) is 0. The monoisotopic (exact) mass is 1620 g/mol. The first-order valence-electron chi connectivity index (χ1n) is 27.1. The number of aryl methyl sites for hydroxylation is 1. The summed E-state index contributed by atoms with van der Waals surface area (Å²) >= 11 is 11.0. The van der Waals surface area contributed by atoms with E-state index in [1.54, 1.807) is 48.5 Å². The second-order valence-electron chi connectivity index (χ2n) is 20.5. The molecule has 0 aromatic heterocycles. The molecule has 0 aliphatic heterocycles. The summed E-state index contributed by atoms with van der Waals surface area (Å²) in [6.07, 6.45) is 1.09. The number of aliphatic carboxylic acids is 10. The zero-order valence-electron chi connectivity index (χ0n) is 50.0. The van der Waals surface area contributed by atoms with Crippen molar-refractivity contribution in [1.82, 2.24) is 40.0 Å². The van der Waals surface area contributed by atoms with E-state index < -0.39 is 137 Å². The van der Waals surface area contributed by atoms with Crippen molar-refractivity contribution in [3.8, 4) is 0 Å². The SMILES string of the molecule is O.O=C(O)CN(CCN(CC(=O)O)CC(Cc1ccc(NC(=S)NCC(=O)CCc2ccc(CNC(=S)Cc3ccc(C[C@@H](CN(CCN(CC(=O)O)CC(=O)O)CC(=O)O)N(CC(=O)O)CC(=O)O)cc3)cc2)cc1)N(CC(=O)O)CC(=O)O)CC(=O)O.[CH3-].[Gd+3].[Gd]. The van der Waals surface area contributed by atoms with E-state index in [0.29, 0.717) is 41.2 Å². The number of carbonyl (C=O) groups excluding carboxylic acids is 1. The second kappa shape index (κ2) is 47.0. The standard InChI is InChI=1S/C56H73N9O21S2.CH3.2Gd.H2O/c66-44(23-58-56(88)59-41-12-9-38(10-13-41)20-43(65(34-54(83)84)35-55(85)86)25-61(27-47(69)70)16-18-63(30-50(75)76)31-51(77)78)14-11-36-1-7-40(8-2-36)22-57-45(87)21-39-5-3-37(4-6-39)19-42(64(32-52(79)80)33-53(81)82)24-60(26-46(67)68)15-17-62(28-48(71)72)29-49(73)74;;;;/h1-10,12-13,42-43H,11,14-35H2,(H,57,87)(H,67,68)(H,69,70)(H,71,72)(H,73,74)(H,75,76)(H,77,78)(H,79,80)(H,81,82)(H,83,84)(H,85,86)(H2,58,59,88);1H3;;;1H2/q;-1;;+3;/t42-,43?;;;;/m0..../s1. The third-order valence-corrected chi connectivity index (χ3v) is 13.7. The van der Waals surface area contributed by atoms with Crippen molar-refractivity contribution >= 4 is 106 Å². The number of ketones is 1. The molecule has 0 aliphatic rings. The van der Waals surface area contributed by atoms with Gasteiger partial charge in [-0.05, 0) is 71.4 Å². The van der Waals surface area contributed by atoms with Crippen LogP contribution in [0.5, 0.6) is 0 Å². The molecule has 0 spiro atoms. The molecule has 3 aromatic rings. The van der Waals surface area contributed by atoms with Crippen LogP contribution in [0.4, 0.5) is 5.69 Å². The molecule has 35 heteroatoms. The Balaban J connectivity index is 0. The minimum atomic E-state index is -1.34. The third-order valence-electron chi connectivity index (χ3n) is 13.1. The van der Waals surface area contributed by atoms with Gasteiger partial charge in [0.05, 0.1) is 77.0 Å². The zero-order valence-corrected chi connectivity index (χ0v) is 56.2. The molecule has 0 saturated heterocycles. The molecule has 3 aromatic carbocycles. The van der Waals surface area contributed by atoms with Crippen molar-refractivity contribution in [3.05, 3.63) is 108 Å². The van der Waals surface area contributed by atoms with Gasteiger partial charge in [-0.3, -0.25) is 82.1 Å². The van der Waals surface area contributed by atoms with Crippen LogP contribution < -0.4 is 16.0 Å². The molecule has 2 atom stereocenters. The predicted molar refractivity (Wildman–Crippen MR) is 330 cm³/mol. The van der Waals surface area contributed by atoms with E-state index in [-0.39, 0.29) is 169 Å². The molecule has 92 heavy (non-hydrogen) atoms. The van der Waals surface area contributed by atoms with Gasteiger partial charge in [-0.15, -0.1) is 0 Å². The summed E-state index contributed by atoms with van der Waals surface area (Å²) in [5.74, 6) is -13.3. The number of thiocarbonyl (C=S) groups is 2. The number of rotatable bonds is 46. The fraction of sp³-hybridized carbons (Fsp3) is 0.439. The van der Waals surface area contributed by atoms with Gasteiger partial charge in [0, 0.05) is 116 Å². The minimum Gasteiger partial charge on any atom is -0.480 e. The molecule has 1 radical (unpaired) electrons. The summed E-state index contributed by atoms with van der Waals surface area (Å²) in [4.78, 5) is 137. The van der Waals surface area contributed by atoms with Gasteiger partial charge in [-0.2, -0.15) is 0 Å². The number of carboxylic acid groups (broad SMARTS) is 10. The normalized spacial score (nSPS) is 11.5. The van der Waals surface area contributed by atoms with Crippen molar-refractivity contribution in [2.24, 2.45) is 0 Å². The second-order valence-corrected chi connectivity index (χ2v) is 21.4. The fourth-order valence-corrected chi connectivity index (χ4v) is 9.64. The zero-order chi connectivity index (χ0) is 65.5. The van der Waals surface area contributed by atoms with Crippen LogP contribution in [0, 0.1) is 87.3 Å². The number of carboxylic acids is 10. The van der Waals surface area contributed by atoms with Gasteiger partial charge in [0.1, 0.15) is 0 Å². The van der Waals surface area contributed by atoms with Crippen molar-refractivity contribution in [1.29, 1.82) is 0 Å². The Labute approximate surface area is 604 Å². The van der Waals surface area contributed by atoms with Crippen LogP contribution >= 0.6 is 24.4 Å². The molecule has 0 bridgehead atoms. The smallest absolute Gasteiger partial charge is 0.480 e. The molecular weight excluding hydrogens is 1540 g/mol. The summed E-state index contributed by atoms with van der Waals surface area (Å²) < 4.78 is 0. The molecule has 0 amide bonds. The van der Waals surface area contributed by atoms with E-state index in [4.69, 9.17) is 24.4 Å². The molecule has 0 fully saturated rings. The van der Waals surface area contributed by atoms with Crippen molar-refractivity contribution in [2.45, 2.75) is 50.7 Å². The van der Waals surface area contributed by atoms with Crippen molar-refractivity contribution in [2.75, 3.05) is 117 Å².